The highest BCUT2D eigenvalue weighted by atomic mass is 16.1. The van der Waals surface area contributed by atoms with Crippen molar-refractivity contribution in [3.63, 3.8) is 0 Å². The minimum atomic E-state index is -0.0643. The molecule has 2 heterocycles. The van der Waals surface area contributed by atoms with E-state index < -0.39 is 0 Å². The van der Waals surface area contributed by atoms with Crippen molar-refractivity contribution in [3.05, 3.63) is 84.4 Å². The van der Waals surface area contributed by atoms with Crippen molar-refractivity contribution in [2.24, 2.45) is 5.92 Å². The van der Waals surface area contributed by atoms with Gasteiger partial charge < -0.3 is 21.3 Å². The molecule has 0 fully saturated rings. The summed E-state index contributed by atoms with van der Waals surface area (Å²) in [5, 5.41) is 13.1. The predicted molar refractivity (Wildman–Crippen MR) is 121 cm³/mol. The second kappa shape index (κ2) is 9.31. The zero-order valence-electron chi connectivity index (χ0n) is 17.1. The number of nitrogens with zero attached hydrogens (tertiary/aromatic N) is 1. The smallest absolute Gasteiger partial charge is 0.217 e. The van der Waals surface area contributed by atoms with Gasteiger partial charge in [0.1, 0.15) is 0 Å². The van der Waals surface area contributed by atoms with E-state index in [1.165, 1.54) is 12.5 Å². The Hall–Kier alpha value is -3.54. The van der Waals surface area contributed by atoms with Crippen LogP contribution >= 0.6 is 0 Å². The number of allylic oxidation sites excluding steroid dienone is 2. The Bertz CT molecular complexity index is 977. The molecule has 154 valence electrons. The minimum Gasteiger partial charge on any atom is -0.385 e. The summed E-state index contributed by atoms with van der Waals surface area (Å²) in [5.41, 5.74) is 5.30. The lowest BCUT2D eigenvalue weighted by molar-refractivity contribution is -0.119. The molecule has 2 aromatic rings. The van der Waals surface area contributed by atoms with Crippen LogP contribution in [0.25, 0.3) is 0 Å². The van der Waals surface area contributed by atoms with E-state index in [1.807, 2.05) is 12.1 Å². The Morgan fingerprint density at radius 1 is 1.07 bits per heavy atom. The molecule has 0 saturated carbocycles. The van der Waals surface area contributed by atoms with Crippen molar-refractivity contribution >= 4 is 23.0 Å². The fourth-order valence-electron chi connectivity index (χ4n) is 3.72. The van der Waals surface area contributed by atoms with Crippen molar-refractivity contribution in [2.75, 3.05) is 17.2 Å². The Morgan fingerprint density at radius 3 is 2.70 bits per heavy atom. The number of hydrogen-bond donors (Lipinski definition) is 4. The van der Waals surface area contributed by atoms with Gasteiger partial charge in [-0.25, -0.2) is 0 Å². The second-order valence-corrected chi connectivity index (χ2v) is 7.53. The molecule has 4 rings (SSSR count). The Kier molecular flexibility index (Phi) is 6.13. The van der Waals surface area contributed by atoms with Crippen molar-refractivity contribution in [1.29, 1.82) is 0 Å². The average Bonchev–Trinajstić information content (AvgIpc) is 3.17. The van der Waals surface area contributed by atoms with Gasteiger partial charge in [-0.2, -0.15) is 0 Å². The molecule has 4 N–H and O–H groups in total. The fraction of sp³-hybridized carbons (Fsp3) is 0.250. The average molecular weight is 402 g/mol. The third kappa shape index (κ3) is 5.08. The molecule has 1 aliphatic carbocycles. The number of rotatable bonds is 8. The van der Waals surface area contributed by atoms with Crippen molar-refractivity contribution in [1.82, 2.24) is 15.6 Å². The van der Waals surface area contributed by atoms with E-state index in [-0.39, 0.29) is 5.91 Å². The number of pyridine rings is 1. The van der Waals surface area contributed by atoms with E-state index in [4.69, 9.17) is 0 Å². The number of hydrogen-bond acceptors (Lipinski definition) is 5. The van der Waals surface area contributed by atoms with Crippen LogP contribution in [0, 0.1) is 5.92 Å². The highest BCUT2D eigenvalue weighted by Gasteiger charge is 2.25. The highest BCUT2D eigenvalue weighted by molar-refractivity contribution is 5.72. The second-order valence-electron chi connectivity index (χ2n) is 7.53. The first-order chi connectivity index (χ1) is 14.7. The third-order valence-electron chi connectivity index (χ3n) is 5.28. The Morgan fingerprint density at radius 2 is 1.87 bits per heavy atom. The maximum absolute atomic E-state index is 11.1. The summed E-state index contributed by atoms with van der Waals surface area (Å²) in [6.45, 7) is 2.83. The van der Waals surface area contributed by atoms with Crippen molar-refractivity contribution in [2.45, 2.75) is 25.9 Å². The lowest BCUT2D eigenvalue weighted by atomic mass is 9.90. The zero-order chi connectivity index (χ0) is 20.8. The monoisotopic (exact) mass is 401 g/mol. The van der Waals surface area contributed by atoms with Gasteiger partial charge in [-0.15, -0.1) is 0 Å². The Labute approximate surface area is 177 Å². The summed E-state index contributed by atoms with van der Waals surface area (Å²) >= 11 is 0. The number of carbonyl (C=O) groups is 1. The van der Waals surface area contributed by atoms with Gasteiger partial charge in [-0.3, -0.25) is 9.78 Å². The summed E-state index contributed by atoms with van der Waals surface area (Å²) in [6.07, 6.45) is 13.7. The van der Waals surface area contributed by atoms with E-state index in [9.17, 15) is 4.79 Å². The van der Waals surface area contributed by atoms with Crippen LogP contribution in [0.15, 0.2) is 78.7 Å². The summed E-state index contributed by atoms with van der Waals surface area (Å²) < 4.78 is 0. The predicted octanol–water partition coefficient (Wildman–Crippen LogP) is 3.86. The first-order valence-corrected chi connectivity index (χ1v) is 10.3. The molecule has 30 heavy (non-hydrogen) atoms. The summed E-state index contributed by atoms with van der Waals surface area (Å²) in [6, 6.07) is 12.5. The molecule has 0 bridgehead atoms. The first-order valence-electron chi connectivity index (χ1n) is 10.3. The van der Waals surface area contributed by atoms with Gasteiger partial charge in [-0.1, -0.05) is 24.3 Å². The van der Waals surface area contributed by atoms with Gasteiger partial charge in [0.2, 0.25) is 5.91 Å². The molecule has 2 unspecified atom stereocenters. The minimum absolute atomic E-state index is 0.0643. The lowest BCUT2D eigenvalue weighted by Crippen LogP contribution is -2.25. The molecular weight excluding hydrogens is 374 g/mol. The lowest BCUT2D eigenvalue weighted by Gasteiger charge is -2.19. The topological polar surface area (TPSA) is 78.1 Å². The maximum Gasteiger partial charge on any atom is 0.217 e. The normalized spacial score (nSPS) is 18.9. The SMILES string of the molecule is CC(=O)NCc1cc(Nc2ccc(NCCC3=CNC4C=CC=CC34)cc2)ccn1. The summed E-state index contributed by atoms with van der Waals surface area (Å²) in [4.78, 5) is 15.3. The van der Waals surface area contributed by atoms with Gasteiger partial charge >= 0.3 is 0 Å². The van der Waals surface area contributed by atoms with Crippen LogP contribution in [-0.2, 0) is 11.3 Å². The number of fused-ring (bicyclic) bond motifs is 1. The quantitative estimate of drug-likeness (QED) is 0.540. The third-order valence-corrected chi connectivity index (χ3v) is 5.28. The van der Waals surface area contributed by atoms with Gasteiger partial charge in [0.25, 0.3) is 0 Å². The van der Waals surface area contributed by atoms with Crippen LogP contribution < -0.4 is 21.3 Å². The fourth-order valence-corrected chi connectivity index (χ4v) is 3.72. The molecule has 1 aromatic heterocycles. The molecule has 1 aliphatic heterocycles. The van der Waals surface area contributed by atoms with E-state index in [0.717, 1.165) is 35.7 Å². The number of amides is 1. The highest BCUT2D eigenvalue weighted by Crippen LogP contribution is 2.28. The maximum atomic E-state index is 11.1. The number of anilines is 3. The zero-order valence-corrected chi connectivity index (χ0v) is 17.1. The molecule has 6 heteroatoms. The van der Waals surface area contributed by atoms with Crippen LogP contribution in [0.4, 0.5) is 17.1 Å². The van der Waals surface area contributed by atoms with Crippen LogP contribution in [0.5, 0.6) is 0 Å². The molecule has 6 nitrogen and oxygen atoms in total. The molecule has 0 radical (unpaired) electrons. The molecule has 0 spiro atoms. The van der Waals surface area contributed by atoms with E-state index in [1.54, 1.807) is 6.20 Å². The van der Waals surface area contributed by atoms with Gasteiger partial charge in [0, 0.05) is 42.6 Å². The van der Waals surface area contributed by atoms with Gasteiger partial charge in [-0.05, 0) is 54.6 Å². The van der Waals surface area contributed by atoms with Crippen LogP contribution in [0.2, 0.25) is 0 Å². The molecular formula is C24H27N5O. The van der Waals surface area contributed by atoms with Crippen molar-refractivity contribution < 1.29 is 4.79 Å². The molecule has 1 aromatic carbocycles. The van der Waals surface area contributed by atoms with Crippen LogP contribution in [-0.4, -0.2) is 23.5 Å². The van der Waals surface area contributed by atoms with Crippen LogP contribution in [0.3, 0.4) is 0 Å². The van der Waals surface area contributed by atoms with E-state index >= 15 is 0 Å². The largest absolute Gasteiger partial charge is 0.385 e. The standard InChI is InChI=1S/C24H27N5O/c1-17(30)27-16-22-14-21(11-13-26-22)29-20-8-6-19(7-9-20)25-12-10-18-15-28-24-5-3-2-4-23(18)24/h2-9,11,13-15,23-25,28H,10,12,16H2,1H3,(H,26,29)(H,27,30). The van der Waals surface area contributed by atoms with Crippen LogP contribution in [0.1, 0.15) is 19.0 Å². The number of benzene rings is 1. The van der Waals surface area contributed by atoms with E-state index in [0.29, 0.717) is 18.5 Å². The molecule has 0 saturated heterocycles. The van der Waals surface area contributed by atoms with E-state index in [2.05, 4.69) is 81.0 Å². The number of aromatic nitrogens is 1. The van der Waals surface area contributed by atoms with Gasteiger partial charge in [0.15, 0.2) is 0 Å². The molecule has 2 aliphatic rings. The molecule has 2 atom stereocenters. The first kappa shape index (κ1) is 19.8. The number of carbonyl (C=O) groups excluding carboxylic acids is 1. The van der Waals surface area contributed by atoms with Crippen molar-refractivity contribution in [3.8, 4) is 0 Å². The summed E-state index contributed by atoms with van der Waals surface area (Å²) in [5.74, 6) is 0.421. The molecule has 1 amide bonds. The van der Waals surface area contributed by atoms with Gasteiger partial charge in [0.05, 0.1) is 18.3 Å². The number of nitrogens with one attached hydrogen (secondary N) is 4. The summed E-state index contributed by atoms with van der Waals surface area (Å²) in [7, 11) is 0. The Balaban J connectivity index is 1.26.